The predicted molar refractivity (Wildman–Crippen MR) is 127 cm³/mol. The zero-order chi connectivity index (χ0) is 19.8. The number of nitrogens with one attached hydrogen (secondary N) is 2. The van der Waals surface area contributed by atoms with Gasteiger partial charge in [0.05, 0.1) is 27.3 Å². The van der Waals surface area contributed by atoms with Gasteiger partial charge in [-0.15, -0.1) is 24.0 Å². The minimum Gasteiger partial charge on any atom is -0.497 e. The molecule has 0 radical (unpaired) electrons. The molecular formula is C20H31IN6O2. The van der Waals surface area contributed by atoms with E-state index in [0.29, 0.717) is 12.6 Å². The van der Waals surface area contributed by atoms with Crippen LogP contribution in [0, 0.1) is 0 Å². The second-order valence-electron chi connectivity index (χ2n) is 6.68. The molecule has 2 aromatic rings. The maximum Gasteiger partial charge on any atom is 0.191 e. The standard InChI is InChI=1S/C20H30N6O2.HI/c1-4-21-20(22-8-11-26-9-5-7-23-26)24-16-6-10-25(15-16)17-12-18(27-2)14-19(13-17)28-3;/h5,7,9,12-14,16H,4,6,8,10-11,15H2,1-3H3,(H2,21,22,24);1H. The molecule has 1 fully saturated rings. The molecular weight excluding hydrogens is 483 g/mol. The van der Waals surface area contributed by atoms with Gasteiger partial charge in [-0.3, -0.25) is 9.67 Å². The van der Waals surface area contributed by atoms with Crippen LogP contribution in [0.3, 0.4) is 0 Å². The van der Waals surface area contributed by atoms with Crippen LogP contribution < -0.4 is 25.0 Å². The highest BCUT2D eigenvalue weighted by molar-refractivity contribution is 14.0. The van der Waals surface area contributed by atoms with Crippen molar-refractivity contribution in [2.45, 2.75) is 25.9 Å². The van der Waals surface area contributed by atoms with Gasteiger partial charge in [0, 0.05) is 62.0 Å². The summed E-state index contributed by atoms with van der Waals surface area (Å²) in [7, 11) is 3.35. The Morgan fingerprint density at radius 2 is 2.00 bits per heavy atom. The summed E-state index contributed by atoms with van der Waals surface area (Å²) < 4.78 is 12.7. The maximum absolute atomic E-state index is 5.40. The van der Waals surface area contributed by atoms with Gasteiger partial charge in [-0.05, 0) is 19.4 Å². The third-order valence-corrected chi connectivity index (χ3v) is 4.73. The number of guanidine groups is 1. The molecule has 160 valence electrons. The molecule has 1 atom stereocenters. The van der Waals surface area contributed by atoms with E-state index >= 15 is 0 Å². The fourth-order valence-corrected chi connectivity index (χ4v) is 3.30. The average molecular weight is 514 g/mol. The minimum atomic E-state index is 0. The van der Waals surface area contributed by atoms with Crippen molar-refractivity contribution in [2.75, 3.05) is 45.3 Å². The normalized spacial score (nSPS) is 16.3. The highest BCUT2D eigenvalue weighted by Gasteiger charge is 2.24. The summed E-state index contributed by atoms with van der Waals surface area (Å²) in [6, 6.07) is 8.25. The molecule has 3 rings (SSSR count). The highest BCUT2D eigenvalue weighted by atomic mass is 127. The summed E-state index contributed by atoms with van der Waals surface area (Å²) in [4.78, 5) is 7.02. The van der Waals surface area contributed by atoms with E-state index in [-0.39, 0.29) is 24.0 Å². The van der Waals surface area contributed by atoms with Crippen LogP contribution in [0.2, 0.25) is 0 Å². The molecule has 0 aliphatic carbocycles. The monoisotopic (exact) mass is 514 g/mol. The van der Waals surface area contributed by atoms with Crippen LogP contribution in [-0.2, 0) is 6.54 Å². The first kappa shape index (κ1) is 23.1. The first-order chi connectivity index (χ1) is 13.7. The maximum atomic E-state index is 5.40. The van der Waals surface area contributed by atoms with E-state index in [2.05, 4.69) is 32.5 Å². The molecule has 1 saturated heterocycles. The van der Waals surface area contributed by atoms with Crippen molar-refractivity contribution < 1.29 is 9.47 Å². The second kappa shape index (κ2) is 11.7. The van der Waals surface area contributed by atoms with Crippen LogP contribution in [0.5, 0.6) is 11.5 Å². The number of aliphatic imine (C=N–C) groups is 1. The van der Waals surface area contributed by atoms with Gasteiger partial charge in [-0.2, -0.15) is 5.10 Å². The molecule has 8 nitrogen and oxygen atoms in total. The van der Waals surface area contributed by atoms with E-state index in [4.69, 9.17) is 9.47 Å². The number of methoxy groups -OCH3 is 2. The molecule has 1 aromatic carbocycles. The van der Waals surface area contributed by atoms with Crippen LogP contribution in [-0.4, -0.2) is 62.2 Å². The molecule has 1 aromatic heterocycles. The quantitative estimate of drug-likeness (QED) is 0.320. The summed E-state index contributed by atoms with van der Waals surface area (Å²) in [5.74, 6) is 2.46. The summed E-state index contributed by atoms with van der Waals surface area (Å²) >= 11 is 0. The number of nitrogens with zero attached hydrogens (tertiary/aromatic N) is 4. The lowest BCUT2D eigenvalue weighted by Crippen LogP contribution is -2.44. The van der Waals surface area contributed by atoms with E-state index in [9.17, 15) is 0 Å². The summed E-state index contributed by atoms with van der Waals surface area (Å²) in [5.41, 5.74) is 1.11. The van der Waals surface area contributed by atoms with Crippen LogP contribution in [0.15, 0.2) is 41.7 Å². The number of hydrogen-bond acceptors (Lipinski definition) is 5. The van der Waals surface area contributed by atoms with E-state index in [1.807, 2.05) is 35.1 Å². The zero-order valence-electron chi connectivity index (χ0n) is 17.3. The SMILES string of the molecule is CCNC(=NCCn1cccn1)NC1CCN(c2cc(OC)cc(OC)c2)C1.I. The van der Waals surface area contributed by atoms with Crippen LogP contribution in [0.25, 0.3) is 0 Å². The lowest BCUT2D eigenvalue weighted by molar-refractivity contribution is 0.394. The Labute approximate surface area is 189 Å². The number of rotatable bonds is 8. The van der Waals surface area contributed by atoms with Crippen molar-refractivity contribution in [3.8, 4) is 11.5 Å². The number of aromatic nitrogens is 2. The molecule has 0 spiro atoms. The van der Waals surface area contributed by atoms with E-state index in [1.165, 1.54) is 0 Å². The molecule has 2 N–H and O–H groups in total. The van der Waals surface area contributed by atoms with E-state index in [1.54, 1.807) is 20.4 Å². The van der Waals surface area contributed by atoms with Crippen molar-refractivity contribution in [2.24, 2.45) is 4.99 Å². The van der Waals surface area contributed by atoms with Gasteiger partial charge in [0.25, 0.3) is 0 Å². The fraction of sp³-hybridized carbons (Fsp3) is 0.500. The predicted octanol–water partition coefficient (Wildman–Crippen LogP) is 2.35. The van der Waals surface area contributed by atoms with Crippen molar-refractivity contribution in [1.82, 2.24) is 20.4 Å². The lowest BCUT2D eigenvalue weighted by atomic mass is 10.2. The first-order valence-electron chi connectivity index (χ1n) is 9.72. The van der Waals surface area contributed by atoms with Crippen molar-refractivity contribution in [3.63, 3.8) is 0 Å². The molecule has 0 amide bonds. The molecule has 1 aliphatic heterocycles. The van der Waals surface area contributed by atoms with Crippen molar-refractivity contribution >= 4 is 35.6 Å². The topological polar surface area (TPSA) is 75.9 Å². The molecule has 2 heterocycles. The summed E-state index contributed by atoms with van der Waals surface area (Å²) in [5, 5.41) is 11.1. The third kappa shape index (κ3) is 6.69. The average Bonchev–Trinajstić information content (AvgIpc) is 3.40. The lowest BCUT2D eigenvalue weighted by Gasteiger charge is -2.21. The number of hydrogen-bond donors (Lipinski definition) is 2. The van der Waals surface area contributed by atoms with Crippen LogP contribution >= 0.6 is 24.0 Å². The smallest absolute Gasteiger partial charge is 0.191 e. The molecule has 1 unspecified atom stereocenters. The van der Waals surface area contributed by atoms with E-state index in [0.717, 1.165) is 55.7 Å². The number of benzene rings is 1. The van der Waals surface area contributed by atoms with Gasteiger partial charge in [0.1, 0.15) is 11.5 Å². The first-order valence-corrected chi connectivity index (χ1v) is 9.72. The Morgan fingerprint density at radius 3 is 2.62 bits per heavy atom. The minimum absolute atomic E-state index is 0. The van der Waals surface area contributed by atoms with E-state index < -0.39 is 0 Å². The highest BCUT2D eigenvalue weighted by Crippen LogP contribution is 2.30. The van der Waals surface area contributed by atoms with Crippen molar-refractivity contribution in [3.05, 3.63) is 36.7 Å². The Bertz CT molecular complexity index is 746. The Kier molecular flexibility index (Phi) is 9.36. The zero-order valence-corrected chi connectivity index (χ0v) is 19.6. The Balaban J connectivity index is 0.00000300. The largest absolute Gasteiger partial charge is 0.497 e. The van der Waals surface area contributed by atoms with Gasteiger partial charge < -0.3 is 25.0 Å². The van der Waals surface area contributed by atoms with Gasteiger partial charge in [0.15, 0.2) is 5.96 Å². The Hall–Kier alpha value is -2.17. The fourth-order valence-electron chi connectivity index (χ4n) is 3.30. The summed E-state index contributed by atoms with van der Waals surface area (Å²) in [6.07, 6.45) is 4.78. The van der Waals surface area contributed by atoms with Crippen molar-refractivity contribution in [1.29, 1.82) is 0 Å². The molecule has 9 heteroatoms. The molecule has 1 aliphatic rings. The van der Waals surface area contributed by atoms with Gasteiger partial charge in [-0.25, -0.2) is 0 Å². The number of halogens is 1. The third-order valence-electron chi connectivity index (χ3n) is 4.73. The van der Waals surface area contributed by atoms with Crippen LogP contribution in [0.4, 0.5) is 5.69 Å². The summed E-state index contributed by atoms with van der Waals surface area (Å²) in [6.45, 7) is 6.23. The molecule has 0 bridgehead atoms. The van der Waals surface area contributed by atoms with Crippen LogP contribution in [0.1, 0.15) is 13.3 Å². The number of anilines is 1. The Morgan fingerprint density at radius 1 is 1.24 bits per heavy atom. The van der Waals surface area contributed by atoms with Gasteiger partial charge in [0.2, 0.25) is 0 Å². The molecule has 0 saturated carbocycles. The van der Waals surface area contributed by atoms with Gasteiger partial charge in [-0.1, -0.05) is 0 Å². The van der Waals surface area contributed by atoms with Gasteiger partial charge >= 0.3 is 0 Å². The number of ether oxygens (including phenoxy) is 2. The molecule has 29 heavy (non-hydrogen) atoms. The second-order valence-corrected chi connectivity index (χ2v) is 6.68.